The third-order valence-corrected chi connectivity index (χ3v) is 3.74. The van der Waals surface area contributed by atoms with Crippen molar-refractivity contribution in [2.75, 3.05) is 18.8 Å². The van der Waals surface area contributed by atoms with Crippen LogP contribution in [0.15, 0.2) is 42.6 Å². The summed E-state index contributed by atoms with van der Waals surface area (Å²) in [6, 6.07) is 11.8. The second kappa shape index (κ2) is 5.33. The third kappa shape index (κ3) is 2.50. The normalized spacial score (nSPS) is 14.5. The van der Waals surface area contributed by atoms with Crippen molar-refractivity contribution in [2.24, 2.45) is 0 Å². The van der Waals surface area contributed by atoms with Gasteiger partial charge in [-0.2, -0.15) is 0 Å². The topological polar surface area (TPSA) is 59.2 Å². The van der Waals surface area contributed by atoms with Gasteiger partial charge in [0.05, 0.1) is 5.56 Å². The maximum Gasteiger partial charge on any atom is 0.255 e. The predicted molar refractivity (Wildman–Crippen MR) is 78.4 cm³/mol. The van der Waals surface area contributed by atoms with Gasteiger partial charge >= 0.3 is 0 Å². The molecule has 2 N–H and O–H groups in total. The number of hydrogen-bond donors (Lipinski definition) is 1. The average Bonchev–Trinajstić information content (AvgIpc) is 2.70. The van der Waals surface area contributed by atoms with E-state index in [1.807, 2.05) is 4.90 Å². The minimum atomic E-state index is 0.0327. The molecule has 0 spiro atoms. The number of benzene rings is 1. The van der Waals surface area contributed by atoms with Gasteiger partial charge < -0.3 is 10.6 Å². The molecular weight excluding hydrogens is 250 g/mol. The van der Waals surface area contributed by atoms with Crippen molar-refractivity contribution in [1.82, 2.24) is 9.88 Å². The van der Waals surface area contributed by atoms with Gasteiger partial charge in [-0.3, -0.25) is 4.79 Å². The van der Waals surface area contributed by atoms with E-state index < -0.39 is 0 Å². The molecule has 0 fully saturated rings. The van der Waals surface area contributed by atoms with E-state index in [4.69, 9.17) is 5.73 Å². The summed E-state index contributed by atoms with van der Waals surface area (Å²) in [5.41, 5.74) is 8.84. The molecule has 3 rings (SSSR count). The van der Waals surface area contributed by atoms with Crippen molar-refractivity contribution >= 4 is 11.7 Å². The van der Waals surface area contributed by atoms with E-state index in [1.165, 1.54) is 11.1 Å². The molecule has 0 unspecified atom stereocenters. The number of carbonyl (C=O) groups is 1. The molecule has 0 atom stereocenters. The largest absolute Gasteiger partial charge is 0.384 e. The van der Waals surface area contributed by atoms with E-state index in [0.717, 1.165) is 25.9 Å². The van der Waals surface area contributed by atoms with Gasteiger partial charge in [0.25, 0.3) is 5.91 Å². The zero-order valence-corrected chi connectivity index (χ0v) is 11.2. The lowest BCUT2D eigenvalue weighted by Gasteiger charge is -2.20. The first-order valence-electron chi connectivity index (χ1n) is 6.81. The Morgan fingerprint density at radius 2 is 1.70 bits per heavy atom. The van der Waals surface area contributed by atoms with Crippen molar-refractivity contribution in [2.45, 2.75) is 12.8 Å². The average molecular weight is 267 g/mol. The molecule has 102 valence electrons. The summed E-state index contributed by atoms with van der Waals surface area (Å²) in [6.07, 6.45) is 3.37. The number of fused-ring (bicyclic) bond motifs is 1. The fourth-order valence-electron chi connectivity index (χ4n) is 2.59. The van der Waals surface area contributed by atoms with Gasteiger partial charge in [-0.25, -0.2) is 4.98 Å². The molecular formula is C16H17N3O. The Balaban J connectivity index is 1.76. The molecule has 0 saturated heterocycles. The van der Waals surface area contributed by atoms with Crippen molar-refractivity contribution in [3.8, 4) is 0 Å². The summed E-state index contributed by atoms with van der Waals surface area (Å²) in [5.74, 6) is 0.468. The van der Waals surface area contributed by atoms with E-state index >= 15 is 0 Å². The van der Waals surface area contributed by atoms with E-state index in [-0.39, 0.29) is 5.91 Å². The molecule has 2 heterocycles. The van der Waals surface area contributed by atoms with E-state index in [1.54, 1.807) is 18.3 Å². The van der Waals surface area contributed by atoms with Crippen LogP contribution in [0.2, 0.25) is 0 Å². The molecule has 4 heteroatoms. The molecule has 1 aliphatic rings. The van der Waals surface area contributed by atoms with E-state index in [2.05, 4.69) is 29.2 Å². The van der Waals surface area contributed by atoms with Gasteiger partial charge in [0.1, 0.15) is 5.82 Å². The van der Waals surface area contributed by atoms with Crippen LogP contribution in [0.5, 0.6) is 0 Å². The number of nitrogens with two attached hydrogens (primary N) is 1. The SMILES string of the molecule is Nc1ccc(C(=O)N2CCc3ccccc3CC2)cn1. The van der Waals surface area contributed by atoms with E-state index in [0.29, 0.717) is 11.4 Å². The second-order valence-electron chi connectivity index (χ2n) is 5.03. The maximum atomic E-state index is 12.5. The summed E-state index contributed by atoms with van der Waals surface area (Å²) in [5, 5.41) is 0. The number of rotatable bonds is 1. The Hall–Kier alpha value is -2.36. The Morgan fingerprint density at radius 3 is 2.25 bits per heavy atom. The Bertz CT molecular complexity index is 595. The first-order valence-corrected chi connectivity index (χ1v) is 6.81. The molecule has 1 amide bonds. The van der Waals surface area contributed by atoms with Crippen LogP contribution in [-0.2, 0) is 12.8 Å². The van der Waals surface area contributed by atoms with Crippen molar-refractivity contribution < 1.29 is 4.79 Å². The summed E-state index contributed by atoms with van der Waals surface area (Å²) < 4.78 is 0. The zero-order chi connectivity index (χ0) is 13.9. The van der Waals surface area contributed by atoms with Gasteiger partial charge in [0.2, 0.25) is 0 Å². The van der Waals surface area contributed by atoms with Crippen LogP contribution in [0.3, 0.4) is 0 Å². The summed E-state index contributed by atoms with van der Waals surface area (Å²) >= 11 is 0. The van der Waals surface area contributed by atoms with Crippen LogP contribution in [0.4, 0.5) is 5.82 Å². The first kappa shape index (κ1) is 12.7. The van der Waals surface area contributed by atoms with Crippen LogP contribution in [0, 0.1) is 0 Å². The molecule has 0 bridgehead atoms. The van der Waals surface area contributed by atoms with Gasteiger partial charge in [0, 0.05) is 19.3 Å². The van der Waals surface area contributed by atoms with Crippen LogP contribution >= 0.6 is 0 Å². The van der Waals surface area contributed by atoms with Gasteiger partial charge in [-0.15, -0.1) is 0 Å². The molecule has 0 radical (unpaired) electrons. The fourth-order valence-corrected chi connectivity index (χ4v) is 2.59. The standard InChI is InChI=1S/C16H17N3O/c17-15-6-5-14(11-18-15)16(20)19-9-7-12-3-1-2-4-13(12)8-10-19/h1-6,11H,7-10H2,(H2,17,18). The Labute approximate surface area is 118 Å². The predicted octanol–water partition coefficient (Wildman–Crippen LogP) is 1.90. The smallest absolute Gasteiger partial charge is 0.255 e. The Kier molecular flexibility index (Phi) is 3.37. The minimum Gasteiger partial charge on any atom is -0.384 e. The number of anilines is 1. The third-order valence-electron chi connectivity index (χ3n) is 3.74. The number of pyridine rings is 1. The Morgan fingerprint density at radius 1 is 1.05 bits per heavy atom. The van der Waals surface area contributed by atoms with Gasteiger partial charge in [0.15, 0.2) is 0 Å². The molecule has 1 aromatic heterocycles. The minimum absolute atomic E-state index is 0.0327. The number of amides is 1. The highest BCUT2D eigenvalue weighted by molar-refractivity contribution is 5.94. The van der Waals surface area contributed by atoms with Crippen LogP contribution in [0.1, 0.15) is 21.5 Å². The lowest BCUT2D eigenvalue weighted by molar-refractivity contribution is 0.0762. The second-order valence-corrected chi connectivity index (χ2v) is 5.03. The first-order chi connectivity index (χ1) is 9.74. The van der Waals surface area contributed by atoms with Gasteiger partial charge in [-0.05, 0) is 36.1 Å². The van der Waals surface area contributed by atoms with Crippen LogP contribution in [0.25, 0.3) is 0 Å². The number of aromatic nitrogens is 1. The van der Waals surface area contributed by atoms with Crippen LogP contribution in [-0.4, -0.2) is 28.9 Å². The monoisotopic (exact) mass is 267 g/mol. The molecule has 4 nitrogen and oxygen atoms in total. The van der Waals surface area contributed by atoms with Crippen LogP contribution < -0.4 is 5.73 Å². The highest BCUT2D eigenvalue weighted by Gasteiger charge is 2.19. The van der Waals surface area contributed by atoms with Gasteiger partial charge in [-0.1, -0.05) is 24.3 Å². The summed E-state index contributed by atoms with van der Waals surface area (Å²) in [6.45, 7) is 1.50. The molecule has 1 aliphatic heterocycles. The quantitative estimate of drug-likeness (QED) is 0.858. The zero-order valence-electron chi connectivity index (χ0n) is 11.2. The molecule has 1 aromatic carbocycles. The highest BCUT2D eigenvalue weighted by Crippen LogP contribution is 2.17. The molecule has 0 aliphatic carbocycles. The van der Waals surface area contributed by atoms with Crippen molar-refractivity contribution in [1.29, 1.82) is 0 Å². The lowest BCUT2D eigenvalue weighted by atomic mass is 10.0. The highest BCUT2D eigenvalue weighted by atomic mass is 16.2. The lowest BCUT2D eigenvalue weighted by Crippen LogP contribution is -2.33. The molecule has 0 saturated carbocycles. The van der Waals surface area contributed by atoms with E-state index in [9.17, 15) is 4.79 Å². The number of nitrogens with zero attached hydrogens (tertiary/aromatic N) is 2. The molecule has 20 heavy (non-hydrogen) atoms. The number of carbonyl (C=O) groups excluding carboxylic acids is 1. The maximum absolute atomic E-state index is 12.5. The summed E-state index contributed by atoms with van der Waals surface area (Å²) in [4.78, 5) is 18.3. The van der Waals surface area contributed by atoms with Crippen molar-refractivity contribution in [3.63, 3.8) is 0 Å². The number of hydrogen-bond acceptors (Lipinski definition) is 3. The number of nitrogen functional groups attached to an aromatic ring is 1. The fraction of sp³-hybridized carbons (Fsp3) is 0.250. The van der Waals surface area contributed by atoms with Crippen molar-refractivity contribution in [3.05, 3.63) is 59.3 Å². The summed E-state index contributed by atoms with van der Waals surface area (Å²) in [7, 11) is 0. The molecule has 2 aromatic rings.